The van der Waals surface area contributed by atoms with Gasteiger partial charge in [-0.15, -0.1) is 0 Å². The van der Waals surface area contributed by atoms with E-state index >= 15 is 0 Å². The number of amides is 1. The second-order valence-electron chi connectivity index (χ2n) is 4.36. The Labute approximate surface area is 111 Å². The third-order valence-electron chi connectivity index (χ3n) is 2.89. The van der Waals surface area contributed by atoms with Gasteiger partial charge in [-0.25, -0.2) is 5.01 Å². The minimum Gasteiger partial charge on any atom is -0.507 e. The van der Waals surface area contributed by atoms with Crippen LogP contribution in [0.25, 0.3) is 0 Å². The summed E-state index contributed by atoms with van der Waals surface area (Å²) in [7, 11) is 0. The van der Waals surface area contributed by atoms with E-state index in [2.05, 4.69) is 12.0 Å². The van der Waals surface area contributed by atoms with Crippen molar-refractivity contribution in [3.05, 3.63) is 42.1 Å². The molecule has 0 spiro atoms. The van der Waals surface area contributed by atoms with Gasteiger partial charge < -0.3 is 10.2 Å². The fraction of sp³-hybridized carbons (Fsp3) is 0.250. The average molecular weight is 288 g/mol. The molecule has 0 saturated carbocycles. The van der Waals surface area contributed by atoms with Gasteiger partial charge in [-0.2, -0.15) is 13.2 Å². The summed E-state index contributed by atoms with van der Waals surface area (Å²) < 4.78 is 38.9. The van der Waals surface area contributed by atoms with Crippen LogP contribution < -0.4 is 5.43 Å². The van der Waals surface area contributed by atoms with E-state index in [4.69, 9.17) is 0 Å². The molecule has 3 N–H and O–H groups in total. The van der Waals surface area contributed by atoms with Crippen LogP contribution in [0.5, 0.6) is 5.75 Å². The first-order valence-electron chi connectivity index (χ1n) is 5.53. The predicted molar refractivity (Wildman–Crippen MR) is 62.2 cm³/mol. The molecule has 1 heterocycles. The minimum absolute atomic E-state index is 0.0321. The highest BCUT2D eigenvalue weighted by molar-refractivity contribution is 5.97. The van der Waals surface area contributed by atoms with Crippen LogP contribution in [0.1, 0.15) is 16.8 Å². The van der Waals surface area contributed by atoms with Crippen LogP contribution in [0.4, 0.5) is 13.2 Å². The molecule has 8 heteroatoms. The summed E-state index contributed by atoms with van der Waals surface area (Å²) in [5.41, 5.74) is -1.84. The monoisotopic (exact) mass is 288 g/mol. The standard InChI is InChI=1S/C12H11F3N2O3/c1-7-6-11(20,12(13,14)15)17(16-7)10(19)8-4-2-3-5-9(8)18/h2-5,16,18,20H,1,6H2. The summed E-state index contributed by atoms with van der Waals surface area (Å²) in [6.45, 7) is 3.28. The van der Waals surface area contributed by atoms with Gasteiger partial charge in [0.2, 0.25) is 0 Å². The van der Waals surface area contributed by atoms with Crippen molar-refractivity contribution >= 4 is 5.91 Å². The van der Waals surface area contributed by atoms with Crippen LogP contribution in [-0.2, 0) is 0 Å². The highest BCUT2D eigenvalue weighted by Gasteiger charge is 2.63. The summed E-state index contributed by atoms with van der Waals surface area (Å²) in [6.07, 6.45) is -5.95. The molecular weight excluding hydrogens is 277 g/mol. The molecular formula is C12H11F3N2O3. The number of carbonyl (C=O) groups is 1. The molecule has 1 fully saturated rings. The molecule has 1 aromatic rings. The third-order valence-corrected chi connectivity index (χ3v) is 2.89. The van der Waals surface area contributed by atoms with Gasteiger partial charge in [-0.1, -0.05) is 18.7 Å². The number of alkyl halides is 3. The second-order valence-corrected chi connectivity index (χ2v) is 4.36. The molecule has 20 heavy (non-hydrogen) atoms. The first kappa shape index (κ1) is 14.2. The van der Waals surface area contributed by atoms with Gasteiger partial charge in [0.05, 0.1) is 5.56 Å². The number of phenolic OH excluding ortho intramolecular Hbond substituents is 1. The number of nitrogens with one attached hydrogen (secondary N) is 1. The van der Waals surface area contributed by atoms with Crippen molar-refractivity contribution in [2.45, 2.75) is 18.3 Å². The zero-order valence-corrected chi connectivity index (χ0v) is 10.1. The topological polar surface area (TPSA) is 72.8 Å². The number of hydrazine groups is 1. The summed E-state index contributed by atoms with van der Waals surface area (Å²) in [4.78, 5) is 12.1. The van der Waals surface area contributed by atoms with Gasteiger partial charge in [0.15, 0.2) is 0 Å². The van der Waals surface area contributed by atoms with Crippen LogP contribution in [-0.4, -0.2) is 33.0 Å². The molecule has 0 radical (unpaired) electrons. The van der Waals surface area contributed by atoms with Gasteiger partial charge in [-0.05, 0) is 12.1 Å². The zero-order valence-electron chi connectivity index (χ0n) is 10.1. The normalized spacial score (nSPS) is 22.8. The lowest BCUT2D eigenvalue weighted by atomic mass is 10.1. The first-order chi connectivity index (χ1) is 9.17. The number of phenols is 1. The van der Waals surface area contributed by atoms with E-state index in [1.54, 1.807) is 0 Å². The summed E-state index contributed by atoms with van der Waals surface area (Å²) in [6, 6.07) is 5.10. The lowest BCUT2D eigenvalue weighted by molar-refractivity contribution is -0.299. The quantitative estimate of drug-likeness (QED) is 0.732. The number of carbonyl (C=O) groups excluding carboxylic acids is 1. The van der Waals surface area contributed by atoms with E-state index in [1.807, 2.05) is 0 Å². The Hall–Kier alpha value is -2.22. The Morgan fingerprint density at radius 3 is 2.55 bits per heavy atom. The van der Waals surface area contributed by atoms with Crippen molar-refractivity contribution in [3.8, 4) is 5.75 Å². The van der Waals surface area contributed by atoms with Crippen LogP contribution in [0, 0.1) is 0 Å². The van der Waals surface area contributed by atoms with Gasteiger partial charge in [0, 0.05) is 12.1 Å². The molecule has 1 amide bonds. The van der Waals surface area contributed by atoms with Crippen molar-refractivity contribution in [2.75, 3.05) is 0 Å². The molecule has 1 saturated heterocycles. The fourth-order valence-electron chi connectivity index (χ4n) is 1.89. The third kappa shape index (κ3) is 2.07. The number of para-hydroxylation sites is 1. The number of halogens is 3. The molecule has 1 atom stereocenters. The molecule has 1 aromatic carbocycles. The van der Waals surface area contributed by atoms with Gasteiger partial charge in [-0.3, -0.25) is 10.2 Å². The molecule has 0 aliphatic carbocycles. The lowest BCUT2D eigenvalue weighted by Crippen LogP contribution is -2.59. The zero-order chi connectivity index (χ0) is 15.1. The smallest absolute Gasteiger partial charge is 0.438 e. The van der Waals surface area contributed by atoms with E-state index in [0.717, 1.165) is 12.1 Å². The van der Waals surface area contributed by atoms with Crippen molar-refractivity contribution < 1.29 is 28.2 Å². The highest BCUT2D eigenvalue weighted by atomic mass is 19.4. The summed E-state index contributed by atoms with van der Waals surface area (Å²) in [5, 5.41) is 19.3. The van der Waals surface area contributed by atoms with Crippen molar-refractivity contribution in [1.82, 2.24) is 10.4 Å². The first-order valence-corrected chi connectivity index (χ1v) is 5.53. The number of rotatable bonds is 1. The minimum atomic E-state index is -5.07. The number of nitrogens with zero attached hydrogens (tertiary/aromatic N) is 1. The molecule has 1 unspecified atom stereocenters. The summed E-state index contributed by atoms with van der Waals surface area (Å²) in [5.74, 6) is -1.69. The average Bonchev–Trinajstić information content (AvgIpc) is 2.65. The lowest BCUT2D eigenvalue weighted by Gasteiger charge is -2.33. The van der Waals surface area contributed by atoms with E-state index in [0.29, 0.717) is 0 Å². The molecule has 108 valence electrons. The Balaban J connectivity index is 2.43. The van der Waals surface area contributed by atoms with E-state index in [1.165, 1.54) is 12.1 Å². The maximum atomic E-state index is 13.0. The Morgan fingerprint density at radius 1 is 1.40 bits per heavy atom. The van der Waals surface area contributed by atoms with Crippen molar-refractivity contribution in [1.29, 1.82) is 0 Å². The Bertz CT molecular complexity index is 573. The Morgan fingerprint density at radius 2 is 2.00 bits per heavy atom. The number of hydrogen-bond donors (Lipinski definition) is 3. The van der Waals surface area contributed by atoms with Crippen molar-refractivity contribution in [3.63, 3.8) is 0 Å². The molecule has 0 aromatic heterocycles. The number of aromatic hydroxyl groups is 1. The molecule has 5 nitrogen and oxygen atoms in total. The van der Waals surface area contributed by atoms with Crippen LogP contribution >= 0.6 is 0 Å². The number of aliphatic hydroxyl groups is 1. The van der Waals surface area contributed by atoms with Gasteiger partial charge in [0.25, 0.3) is 11.6 Å². The Kier molecular flexibility index (Phi) is 3.13. The van der Waals surface area contributed by atoms with E-state index in [9.17, 15) is 28.2 Å². The molecule has 0 bridgehead atoms. The molecule has 1 aliphatic rings. The van der Waals surface area contributed by atoms with E-state index in [-0.39, 0.29) is 16.3 Å². The fourth-order valence-corrected chi connectivity index (χ4v) is 1.89. The van der Waals surface area contributed by atoms with Crippen molar-refractivity contribution in [2.24, 2.45) is 0 Å². The van der Waals surface area contributed by atoms with Gasteiger partial charge >= 0.3 is 6.18 Å². The van der Waals surface area contributed by atoms with E-state index < -0.39 is 30.0 Å². The van der Waals surface area contributed by atoms with Crippen LogP contribution in [0.3, 0.4) is 0 Å². The number of benzene rings is 1. The molecule has 2 rings (SSSR count). The largest absolute Gasteiger partial charge is 0.507 e. The van der Waals surface area contributed by atoms with Gasteiger partial charge in [0.1, 0.15) is 5.75 Å². The highest BCUT2D eigenvalue weighted by Crippen LogP contribution is 2.41. The summed E-state index contributed by atoms with van der Waals surface area (Å²) >= 11 is 0. The molecule has 1 aliphatic heterocycles. The SMILES string of the molecule is C=C1CC(O)(C(F)(F)F)N(C(=O)c2ccccc2O)N1. The maximum absolute atomic E-state index is 13.0. The van der Waals surface area contributed by atoms with Crippen LogP contribution in [0.2, 0.25) is 0 Å². The number of hydrogen-bond acceptors (Lipinski definition) is 4. The van der Waals surface area contributed by atoms with Crippen LogP contribution in [0.15, 0.2) is 36.5 Å². The maximum Gasteiger partial charge on any atom is 0.438 e. The second kappa shape index (κ2) is 4.41. The predicted octanol–water partition coefficient (Wildman–Crippen LogP) is 1.51.